The average molecular weight is 371 g/mol. The molecule has 1 aliphatic rings. The van der Waals surface area contributed by atoms with Gasteiger partial charge in [0.1, 0.15) is 5.71 Å². The van der Waals surface area contributed by atoms with Crippen molar-refractivity contribution in [2.24, 2.45) is 15.1 Å². The van der Waals surface area contributed by atoms with E-state index in [-0.39, 0.29) is 36.2 Å². The van der Waals surface area contributed by atoms with Crippen LogP contribution >= 0.6 is 0 Å². The SMILES string of the molecule is CCN=c1ccnc2n1N=C/C2=N/c1nc(NC(CO)CO)c(N)cc1N. The molecule has 0 amide bonds. The lowest BCUT2D eigenvalue weighted by molar-refractivity contribution is 0.203. The third-order valence-electron chi connectivity index (χ3n) is 3.75. The van der Waals surface area contributed by atoms with Gasteiger partial charge in [0.2, 0.25) is 0 Å². The minimum absolute atomic E-state index is 0.218. The Morgan fingerprint density at radius 1 is 1.26 bits per heavy atom. The van der Waals surface area contributed by atoms with E-state index in [1.807, 2.05) is 6.92 Å². The van der Waals surface area contributed by atoms with Gasteiger partial charge in [-0.2, -0.15) is 9.78 Å². The Bertz CT molecular complexity index is 961. The van der Waals surface area contributed by atoms with Crippen molar-refractivity contribution in [1.29, 1.82) is 0 Å². The number of aliphatic hydroxyl groups is 2. The van der Waals surface area contributed by atoms with Crippen LogP contribution in [0.1, 0.15) is 12.7 Å². The number of fused-ring (bicyclic) bond motifs is 1. The number of nitrogens with zero attached hydrogens (tertiary/aromatic N) is 6. The van der Waals surface area contributed by atoms with E-state index in [2.05, 4.69) is 30.4 Å². The van der Waals surface area contributed by atoms with Gasteiger partial charge in [-0.25, -0.2) is 15.0 Å². The maximum Gasteiger partial charge on any atom is 0.183 e. The highest BCUT2D eigenvalue weighted by molar-refractivity contribution is 6.39. The van der Waals surface area contributed by atoms with Gasteiger partial charge in [0.05, 0.1) is 36.8 Å². The quantitative estimate of drug-likeness (QED) is 0.437. The Morgan fingerprint density at radius 3 is 2.74 bits per heavy atom. The van der Waals surface area contributed by atoms with Gasteiger partial charge in [-0.15, -0.1) is 0 Å². The molecule has 3 heterocycles. The molecule has 0 spiro atoms. The summed E-state index contributed by atoms with van der Waals surface area (Å²) in [5.74, 6) is 0.999. The summed E-state index contributed by atoms with van der Waals surface area (Å²) in [7, 11) is 0. The lowest BCUT2D eigenvalue weighted by Crippen LogP contribution is -2.28. The Morgan fingerprint density at radius 2 is 2.04 bits per heavy atom. The molecule has 7 N–H and O–H groups in total. The minimum Gasteiger partial charge on any atom is -0.396 e. The van der Waals surface area contributed by atoms with Crippen LogP contribution in [-0.4, -0.2) is 62.6 Å². The second-order valence-corrected chi connectivity index (χ2v) is 5.70. The van der Waals surface area contributed by atoms with Gasteiger partial charge >= 0.3 is 0 Å². The first-order chi connectivity index (χ1) is 13.1. The van der Waals surface area contributed by atoms with Gasteiger partial charge in [0, 0.05) is 18.8 Å². The molecular formula is C16H21N9O2. The fourth-order valence-electron chi connectivity index (χ4n) is 2.42. The average Bonchev–Trinajstić information content (AvgIpc) is 3.07. The zero-order valence-corrected chi connectivity index (χ0v) is 14.7. The molecule has 0 fully saturated rings. The Labute approximate surface area is 154 Å². The molecule has 0 saturated carbocycles. The summed E-state index contributed by atoms with van der Waals surface area (Å²) in [5, 5.41) is 25.6. The summed E-state index contributed by atoms with van der Waals surface area (Å²) in [6.45, 7) is 1.98. The van der Waals surface area contributed by atoms with Crippen molar-refractivity contribution < 1.29 is 10.2 Å². The second-order valence-electron chi connectivity index (χ2n) is 5.70. The van der Waals surface area contributed by atoms with Gasteiger partial charge in [0.25, 0.3) is 0 Å². The van der Waals surface area contributed by atoms with Crippen molar-refractivity contribution in [2.45, 2.75) is 13.0 Å². The van der Waals surface area contributed by atoms with Gasteiger partial charge in [-0.05, 0) is 13.0 Å². The third-order valence-corrected chi connectivity index (χ3v) is 3.75. The van der Waals surface area contributed by atoms with Crippen molar-refractivity contribution >= 4 is 34.9 Å². The molecule has 0 saturated heterocycles. The highest BCUT2D eigenvalue weighted by Gasteiger charge is 2.18. The predicted molar refractivity (Wildman–Crippen MR) is 103 cm³/mol. The van der Waals surface area contributed by atoms with Crippen molar-refractivity contribution in [2.75, 3.05) is 36.5 Å². The van der Waals surface area contributed by atoms with E-state index in [1.165, 1.54) is 6.07 Å². The number of hydrogen-bond acceptors (Lipinski definition) is 10. The number of aliphatic imine (C=N–C) groups is 1. The molecule has 11 nitrogen and oxygen atoms in total. The van der Waals surface area contributed by atoms with Crippen LogP contribution in [0.3, 0.4) is 0 Å². The summed E-state index contributed by atoms with van der Waals surface area (Å²) in [6, 6.07) is 2.67. The zero-order chi connectivity index (χ0) is 19.4. The number of anilines is 3. The number of nitrogens with one attached hydrogen (secondary N) is 1. The van der Waals surface area contributed by atoms with Gasteiger partial charge in [-0.3, -0.25) is 4.99 Å². The fraction of sp³-hybridized carbons (Fsp3) is 0.312. The molecule has 0 bridgehead atoms. The van der Waals surface area contributed by atoms with Crippen LogP contribution in [0.2, 0.25) is 0 Å². The first-order valence-electron chi connectivity index (χ1n) is 8.33. The number of aromatic nitrogens is 3. The van der Waals surface area contributed by atoms with E-state index in [0.29, 0.717) is 23.6 Å². The van der Waals surface area contributed by atoms with Crippen LogP contribution in [0.15, 0.2) is 33.4 Å². The zero-order valence-electron chi connectivity index (χ0n) is 14.7. The normalized spacial score (nSPS) is 15.0. The van der Waals surface area contributed by atoms with E-state index in [9.17, 15) is 10.2 Å². The molecule has 1 aliphatic heterocycles. The molecule has 0 aromatic carbocycles. The summed E-state index contributed by atoms with van der Waals surface area (Å²) < 4.78 is 1.59. The number of nitrogens with two attached hydrogens (primary N) is 2. The monoisotopic (exact) mass is 371 g/mol. The van der Waals surface area contributed by atoms with Crippen LogP contribution in [0, 0.1) is 0 Å². The van der Waals surface area contributed by atoms with E-state index in [0.717, 1.165) is 0 Å². The molecule has 0 aliphatic carbocycles. The smallest absolute Gasteiger partial charge is 0.183 e. The second kappa shape index (κ2) is 7.93. The molecule has 2 aromatic heterocycles. The summed E-state index contributed by atoms with van der Waals surface area (Å²) in [6.07, 6.45) is 3.18. The highest BCUT2D eigenvalue weighted by atomic mass is 16.3. The van der Waals surface area contributed by atoms with Crippen molar-refractivity contribution in [1.82, 2.24) is 14.6 Å². The Balaban J connectivity index is 2.01. The molecule has 2 aromatic rings. The maximum absolute atomic E-state index is 9.23. The molecule has 11 heteroatoms. The minimum atomic E-state index is -0.604. The molecule has 0 unspecified atom stereocenters. The Hall–Kier alpha value is -3.31. The molecule has 3 rings (SSSR count). The molecular weight excluding hydrogens is 350 g/mol. The van der Waals surface area contributed by atoms with Crippen LogP contribution < -0.4 is 22.3 Å². The largest absolute Gasteiger partial charge is 0.396 e. The standard InChI is InChI=1S/C16H21N9O2/c1-2-19-13-3-4-20-16-12(6-21-25(13)16)23-15-11(18)5-10(17)14(24-15)22-9(7-26)8-27/h3-6,9,26-27H,2,7-8,17-18H2,1H3,(H,22,24)/b19-13?,23-12-. The summed E-state index contributed by atoms with van der Waals surface area (Å²) in [5.41, 5.74) is 13.6. The fourth-order valence-corrected chi connectivity index (χ4v) is 2.42. The lowest BCUT2D eigenvalue weighted by Gasteiger charge is -2.16. The van der Waals surface area contributed by atoms with Crippen molar-refractivity contribution in [3.8, 4) is 0 Å². The van der Waals surface area contributed by atoms with E-state index in [4.69, 9.17) is 11.5 Å². The topological polar surface area (TPSA) is 172 Å². The molecule has 0 atom stereocenters. The van der Waals surface area contributed by atoms with Gasteiger partial charge in [0.15, 0.2) is 22.9 Å². The highest BCUT2D eigenvalue weighted by Crippen LogP contribution is 2.28. The first kappa shape index (κ1) is 18.5. The molecule has 142 valence electrons. The Kier molecular flexibility index (Phi) is 5.43. The number of rotatable bonds is 6. The summed E-state index contributed by atoms with van der Waals surface area (Å²) >= 11 is 0. The van der Waals surface area contributed by atoms with Crippen LogP contribution in [0.5, 0.6) is 0 Å². The lowest BCUT2D eigenvalue weighted by atomic mass is 10.3. The third kappa shape index (κ3) is 3.78. The molecule has 0 radical (unpaired) electrons. The number of hydrogen-bond donors (Lipinski definition) is 5. The predicted octanol–water partition coefficient (Wildman–Crippen LogP) is -0.903. The van der Waals surface area contributed by atoms with Crippen molar-refractivity contribution in [3.63, 3.8) is 0 Å². The van der Waals surface area contributed by atoms with Gasteiger partial charge < -0.3 is 27.0 Å². The van der Waals surface area contributed by atoms with E-state index >= 15 is 0 Å². The van der Waals surface area contributed by atoms with Gasteiger partial charge in [-0.1, -0.05) is 0 Å². The van der Waals surface area contributed by atoms with Crippen LogP contribution in [0.25, 0.3) is 0 Å². The summed E-state index contributed by atoms with van der Waals surface area (Å²) in [4.78, 5) is 17.4. The van der Waals surface area contributed by atoms with E-state index in [1.54, 1.807) is 23.2 Å². The first-order valence-corrected chi connectivity index (χ1v) is 8.33. The van der Waals surface area contributed by atoms with Crippen LogP contribution in [-0.2, 0) is 0 Å². The number of pyridine rings is 1. The maximum atomic E-state index is 9.23. The van der Waals surface area contributed by atoms with Crippen LogP contribution in [0.4, 0.5) is 23.0 Å². The number of aliphatic hydroxyl groups excluding tert-OH is 2. The number of nitrogen functional groups attached to an aromatic ring is 2. The van der Waals surface area contributed by atoms with Crippen molar-refractivity contribution in [3.05, 3.63) is 29.6 Å². The van der Waals surface area contributed by atoms with E-state index < -0.39 is 6.04 Å². The molecule has 27 heavy (non-hydrogen) atoms.